The van der Waals surface area contributed by atoms with Gasteiger partial charge >= 0.3 is 5.97 Å². The van der Waals surface area contributed by atoms with Gasteiger partial charge in [-0.25, -0.2) is 14.8 Å². The van der Waals surface area contributed by atoms with E-state index < -0.39 is 0 Å². The molecule has 0 amide bonds. The maximum atomic E-state index is 12.0. The molecule has 0 bridgehead atoms. The molecule has 0 saturated carbocycles. The fourth-order valence-electron chi connectivity index (χ4n) is 2.86. The molecule has 0 aromatic carbocycles. The highest BCUT2D eigenvalue weighted by molar-refractivity contribution is 7.18. The molecule has 112 valence electrons. The van der Waals surface area contributed by atoms with Crippen LogP contribution in [0.15, 0.2) is 12.4 Å². The summed E-state index contributed by atoms with van der Waals surface area (Å²) in [5.74, 6) is 0.693. The molecule has 6 heteroatoms. The van der Waals surface area contributed by atoms with Crippen LogP contribution in [0.3, 0.4) is 0 Å². The van der Waals surface area contributed by atoms with Crippen molar-refractivity contribution in [2.45, 2.75) is 38.6 Å². The third-order valence-electron chi connectivity index (χ3n) is 3.96. The van der Waals surface area contributed by atoms with Gasteiger partial charge in [-0.15, -0.1) is 11.3 Å². The number of nitrogens with zero attached hydrogens (tertiary/aromatic N) is 3. The summed E-state index contributed by atoms with van der Waals surface area (Å²) in [6, 6.07) is 1.92. The van der Waals surface area contributed by atoms with Gasteiger partial charge in [0.15, 0.2) is 0 Å². The average Bonchev–Trinajstić information content (AvgIpc) is 2.97. The highest BCUT2D eigenvalue weighted by Crippen LogP contribution is 2.33. The summed E-state index contributed by atoms with van der Waals surface area (Å²) in [5, 5.41) is 1.05. The maximum absolute atomic E-state index is 12.0. The Bertz CT molecular complexity index is 655. The van der Waals surface area contributed by atoms with Crippen LogP contribution < -0.4 is 4.90 Å². The highest BCUT2D eigenvalue weighted by Gasteiger charge is 2.31. The number of hydrogen-bond acceptors (Lipinski definition) is 6. The summed E-state index contributed by atoms with van der Waals surface area (Å²) in [6.45, 7) is 2.97. The van der Waals surface area contributed by atoms with Crippen molar-refractivity contribution in [3.05, 3.63) is 17.3 Å². The number of carbonyl (C=O) groups is 1. The number of hydrogen-bond donors (Lipinski definition) is 0. The SMILES string of the molecule is CCc1cc2c(N3CCCCC3C(=O)OC)ncnc2s1. The molecule has 3 rings (SSSR count). The third-order valence-corrected chi connectivity index (χ3v) is 5.14. The first-order chi connectivity index (χ1) is 10.2. The molecule has 2 aromatic heterocycles. The zero-order chi connectivity index (χ0) is 14.8. The van der Waals surface area contributed by atoms with Crippen molar-refractivity contribution >= 4 is 33.3 Å². The molecule has 0 aliphatic carbocycles. The summed E-state index contributed by atoms with van der Waals surface area (Å²) < 4.78 is 4.96. The van der Waals surface area contributed by atoms with Crippen molar-refractivity contribution < 1.29 is 9.53 Å². The fourth-order valence-corrected chi connectivity index (χ4v) is 3.79. The summed E-state index contributed by atoms with van der Waals surface area (Å²) in [7, 11) is 1.45. The lowest BCUT2D eigenvalue weighted by atomic mass is 10.0. The number of anilines is 1. The van der Waals surface area contributed by atoms with Gasteiger partial charge < -0.3 is 9.64 Å². The standard InChI is InChI=1S/C15H19N3O2S/c1-3-10-8-11-13(16-9-17-14(11)21-10)18-7-5-4-6-12(18)15(19)20-2/h8-9,12H,3-7H2,1-2H3. The van der Waals surface area contributed by atoms with Crippen LogP contribution >= 0.6 is 11.3 Å². The number of thiophene rings is 1. The Labute approximate surface area is 128 Å². The Balaban J connectivity index is 2.04. The van der Waals surface area contributed by atoms with Crippen molar-refractivity contribution in [3.63, 3.8) is 0 Å². The van der Waals surface area contributed by atoms with Gasteiger partial charge in [0, 0.05) is 11.4 Å². The highest BCUT2D eigenvalue weighted by atomic mass is 32.1. The van der Waals surface area contributed by atoms with Crippen LogP contribution in [-0.4, -0.2) is 35.6 Å². The molecule has 1 aliphatic rings. The zero-order valence-corrected chi connectivity index (χ0v) is 13.2. The van der Waals surface area contributed by atoms with Gasteiger partial charge in [0.1, 0.15) is 23.0 Å². The Morgan fingerprint density at radius 3 is 3.10 bits per heavy atom. The molecule has 1 aliphatic heterocycles. The smallest absolute Gasteiger partial charge is 0.328 e. The molecule has 0 radical (unpaired) electrons. The van der Waals surface area contributed by atoms with Crippen LogP contribution in [0.4, 0.5) is 5.82 Å². The molecule has 0 N–H and O–H groups in total. The van der Waals surface area contributed by atoms with Crippen LogP contribution in [0.25, 0.3) is 10.2 Å². The van der Waals surface area contributed by atoms with Gasteiger partial charge in [-0.05, 0) is 31.7 Å². The lowest BCUT2D eigenvalue weighted by molar-refractivity contribution is -0.142. The fraction of sp³-hybridized carbons (Fsp3) is 0.533. The van der Waals surface area contributed by atoms with E-state index in [1.807, 2.05) is 0 Å². The van der Waals surface area contributed by atoms with Crippen molar-refractivity contribution in [1.29, 1.82) is 0 Å². The number of piperidine rings is 1. The summed E-state index contributed by atoms with van der Waals surface area (Å²) in [6.07, 6.45) is 5.53. The predicted molar refractivity (Wildman–Crippen MR) is 83.8 cm³/mol. The van der Waals surface area contributed by atoms with Gasteiger partial charge in [-0.3, -0.25) is 0 Å². The van der Waals surface area contributed by atoms with Crippen LogP contribution in [0.1, 0.15) is 31.1 Å². The second-order valence-electron chi connectivity index (χ2n) is 5.21. The summed E-state index contributed by atoms with van der Waals surface area (Å²) in [5.41, 5.74) is 0. The molecule has 1 saturated heterocycles. The van der Waals surface area contributed by atoms with E-state index in [1.165, 1.54) is 12.0 Å². The largest absolute Gasteiger partial charge is 0.467 e. The van der Waals surface area contributed by atoms with Gasteiger partial charge in [-0.2, -0.15) is 0 Å². The van der Waals surface area contributed by atoms with E-state index in [0.29, 0.717) is 0 Å². The lowest BCUT2D eigenvalue weighted by Gasteiger charge is -2.34. The number of esters is 1. The molecule has 21 heavy (non-hydrogen) atoms. The molecular weight excluding hydrogens is 286 g/mol. The van der Waals surface area contributed by atoms with Crippen molar-refractivity contribution in [2.24, 2.45) is 0 Å². The minimum Gasteiger partial charge on any atom is -0.467 e. The molecule has 3 heterocycles. The molecule has 1 unspecified atom stereocenters. The van der Waals surface area contributed by atoms with E-state index in [0.717, 1.165) is 48.3 Å². The number of ether oxygens (including phenoxy) is 1. The number of aromatic nitrogens is 2. The second-order valence-corrected chi connectivity index (χ2v) is 6.33. The number of aryl methyl sites for hydroxylation is 1. The van der Waals surface area contributed by atoms with Crippen molar-refractivity contribution in [2.75, 3.05) is 18.6 Å². The average molecular weight is 305 g/mol. The molecule has 5 nitrogen and oxygen atoms in total. The van der Waals surface area contributed by atoms with Crippen LogP contribution in [-0.2, 0) is 16.0 Å². The minimum absolute atomic E-state index is 0.174. The molecule has 2 aromatic rings. The number of fused-ring (bicyclic) bond motifs is 1. The molecule has 1 atom stereocenters. The van der Waals surface area contributed by atoms with Gasteiger partial charge in [0.2, 0.25) is 0 Å². The first kappa shape index (κ1) is 14.3. The van der Waals surface area contributed by atoms with E-state index in [2.05, 4.69) is 27.9 Å². The quantitative estimate of drug-likeness (QED) is 0.816. The van der Waals surface area contributed by atoms with Crippen LogP contribution in [0.2, 0.25) is 0 Å². The van der Waals surface area contributed by atoms with Crippen LogP contribution in [0, 0.1) is 0 Å². The normalized spacial score (nSPS) is 19.0. The Kier molecular flexibility index (Phi) is 4.05. The molecule has 1 fully saturated rings. The summed E-state index contributed by atoms with van der Waals surface area (Å²) >= 11 is 1.70. The van der Waals surface area contributed by atoms with Crippen molar-refractivity contribution in [3.8, 4) is 0 Å². The van der Waals surface area contributed by atoms with E-state index in [4.69, 9.17) is 4.74 Å². The molecular formula is C15H19N3O2S. The minimum atomic E-state index is -0.230. The van der Waals surface area contributed by atoms with E-state index in [1.54, 1.807) is 17.7 Å². The number of methoxy groups -OCH3 is 1. The Morgan fingerprint density at radius 2 is 2.33 bits per heavy atom. The summed E-state index contributed by atoms with van der Waals surface area (Å²) in [4.78, 5) is 25.2. The van der Waals surface area contributed by atoms with E-state index >= 15 is 0 Å². The zero-order valence-electron chi connectivity index (χ0n) is 12.3. The number of rotatable bonds is 3. The second kappa shape index (κ2) is 5.97. The molecule has 0 spiro atoms. The first-order valence-corrected chi connectivity index (χ1v) is 8.14. The lowest BCUT2D eigenvalue weighted by Crippen LogP contribution is -2.45. The topological polar surface area (TPSA) is 55.3 Å². The third kappa shape index (κ3) is 2.60. The van der Waals surface area contributed by atoms with E-state index in [9.17, 15) is 4.79 Å². The van der Waals surface area contributed by atoms with Gasteiger partial charge in [0.05, 0.1) is 12.5 Å². The van der Waals surface area contributed by atoms with E-state index in [-0.39, 0.29) is 12.0 Å². The van der Waals surface area contributed by atoms with Gasteiger partial charge in [-0.1, -0.05) is 6.92 Å². The van der Waals surface area contributed by atoms with Gasteiger partial charge in [0.25, 0.3) is 0 Å². The maximum Gasteiger partial charge on any atom is 0.328 e. The monoisotopic (exact) mass is 305 g/mol. The predicted octanol–water partition coefficient (Wildman–Crippen LogP) is 2.79. The van der Waals surface area contributed by atoms with Crippen molar-refractivity contribution in [1.82, 2.24) is 9.97 Å². The van der Waals surface area contributed by atoms with Crippen LogP contribution in [0.5, 0.6) is 0 Å². The Morgan fingerprint density at radius 1 is 1.48 bits per heavy atom. The first-order valence-electron chi connectivity index (χ1n) is 7.32. The Hall–Kier alpha value is -1.69. The number of carbonyl (C=O) groups excluding carboxylic acids is 1.